The molecule has 2 fully saturated rings. The predicted molar refractivity (Wildman–Crippen MR) is 73.8 cm³/mol. The maximum atomic E-state index is 13.1. The third-order valence-electron chi connectivity index (χ3n) is 5.00. The fourth-order valence-electron chi connectivity index (χ4n) is 3.87. The molecule has 2 aliphatic rings. The first-order valence-corrected chi connectivity index (χ1v) is 7.21. The van der Waals surface area contributed by atoms with Gasteiger partial charge in [0.15, 0.2) is 0 Å². The van der Waals surface area contributed by atoms with Gasteiger partial charge in [0.1, 0.15) is 11.9 Å². The summed E-state index contributed by atoms with van der Waals surface area (Å²) < 4.78 is 18.1. The first kappa shape index (κ1) is 13.6. The molecule has 2 saturated heterocycles. The molecule has 4 heteroatoms. The number of methoxy groups -OCH3 is 1. The molecule has 3 unspecified atom stereocenters. The number of hydrogen-bond donors (Lipinski definition) is 0. The van der Waals surface area contributed by atoms with E-state index in [1.54, 1.807) is 12.1 Å². The number of nitrogens with zero attached hydrogens (tertiary/aromatic N) is 1. The van der Waals surface area contributed by atoms with Gasteiger partial charge in [-0.1, -0.05) is 12.1 Å². The summed E-state index contributed by atoms with van der Waals surface area (Å²) in [5, 5.41) is 0. The number of halogens is 1. The molecule has 5 atom stereocenters. The van der Waals surface area contributed by atoms with Crippen LogP contribution >= 0.6 is 0 Å². The number of carbonyl (C=O) groups is 1. The Morgan fingerprint density at radius 3 is 2.70 bits per heavy atom. The van der Waals surface area contributed by atoms with Crippen molar-refractivity contribution in [3.63, 3.8) is 0 Å². The van der Waals surface area contributed by atoms with Crippen molar-refractivity contribution < 1.29 is 13.9 Å². The minimum atomic E-state index is -0.240. The quantitative estimate of drug-likeness (QED) is 0.778. The molecule has 0 spiro atoms. The Kier molecular flexibility index (Phi) is 3.50. The van der Waals surface area contributed by atoms with E-state index >= 15 is 0 Å². The van der Waals surface area contributed by atoms with E-state index in [0.717, 1.165) is 24.9 Å². The van der Waals surface area contributed by atoms with Crippen LogP contribution in [0.2, 0.25) is 0 Å². The third-order valence-corrected chi connectivity index (χ3v) is 5.00. The fraction of sp³-hybridized carbons (Fsp3) is 0.562. The van der Waals surface area contributed by atoms with Crippen LogP contribution in [-0.2, 0) is 9.53 Å². The molecule has 3 nitrogen and oxygen atoms in total. The number of ether oxygens (including phenoxy) is 1. The predicted octanol–water partition coefficient (Wildman–Crippen LogP) is 2.57. The minimum absolute atomic E-state index is 0.103. The number of piperidine rings is 1. The van der Waals surface area contributed by atoms with Crippen molar-refractivity contribution >= 4 is 5.97 Å². The fourth-order valence-corrected chi connectivity index (χ4v) is 3.87. The molecular weight excluding hydrogens is 257 g/mol. The first-order valence-electron chi connectivity index (χ1n) is 7.21. The lowest BCUT2D eigenvalue weighted by Gasteiger charge is -2.41. The Morgan fingerprint density at radius 2 is 2.05 bits per heavy atom. The summed E-state index contributed by atoms with van der Waals surface area (Å²) in [4.78, 5) is 14.5. The van der Waals surface area contributed by atoms with E-state index in [0.29, 0.717) is 12.0 Å². The molecule has 0 aromatic heterocycles. The highest BCUT2D eigenvalue weighted by Gasteiger charge is 2.48. The Balaban J connectivity index is 1.95. The van der Waals surface area contributed by atoms with E-state index < -0.39 is 0 Å². The Morgan fingerprint density at radius 1 is 1.35 bits per heavy atom. The number of carbonyl (C=O) groups excluding carboxylic acids is 1. The Hall–Kier alpha value is -1.42. The number of hydrogen-bond acceptors (Lipinski definition) is 3. The highest BCUT2D eigenvalue weighted by atomic mass is 19.1. The number of rotatable bonds is 2. The van der Waals surface area contributed by atoms with Gasteiger partial charge in [-0.15, -0.1) is 0 Å². The van der Waals surface area contributed by atoms with Gasteiger partial charge in [-0.25, -0.2) is 4.39 Å². The molecule has 1 aromatic rings. The zero-order valence-electron chi connectivity index (χ0n) is 11.9. The van der Waals surface area contributed by atoms with Crippen LogP contribution in [0.5, 0.6) is 0 Å². The number of esters is 1. The van der Waals surface area contributed by atoms with Crippen LogP contribution in [0.4, 0.5) is 4.39 Å². The maximum Gasteiger partial charge on any atom is 0.323 e. The van der Waals surface area contributed by atoms with Crippen LogP contribution in [-0.4, -0.2) is 36.6 Å². The summed E-state index contributed by atoms with van der Waals surface area (Å²) in [6.45, 7) is 3.14. The monoisotopic (exact) mass is 277 g/mol. The molecule has 20 heavy (non-hydrogen) atoms. The van der Waals surface area contributed by atoms with Crippen LogP contribution < -0.4 is 0 Å². The van der Waals surface area contributed by atoms with Crippen LogP contribution in [0, 0.1) is 11.7 Å². The van der Waals surface area contributed by atoms with Gasteiger partial charge in [-0.2, -0.15) is 0 Å². The minimum Gasteiger partial charge on any atom is -0.468 e. The van der Waals surface area contributed by atoms with Crippen molar-refractivity contribution in [3.05, 3.63) is 35.6 Å². The van der Waals surface area contributed by atoms with Gasteiger partial charge in [-0.3, -0.25) is 9.69 Å². The lowest BCUT2D eigenvalue weighted by atomic mass is 9.77. The normalized spacial score (nSPS) is 35.9. The van der Waals surface area contributed by atoms with Crippen LogP contribution in [0.15, 0.2) is 24.3 Å². The van der Waals surface area contributed by atoms with Crippen LogP contribution in [0.3, 0.4) is 0 Å². The summed E-state index contributed by atoms with van der Waals surface area (Å²) in [5.41, 5.74) is 1.03. The molecule has 0 aliphatic carbocycles. The van der Waals surface area contributed by atoms with Crippen molar-refractivity contribution in [2.75, 3.05) is 13.7 Å². The number of benzene rings is 1. The highest BCUT2D eigenvalue weighted by Crippen LogP contribution is 2.44. The van der Waals surface area contributed by atoms with E-state index in [1.165, 1.54) is 19.2 Å². The maximum absolute atomic E-state index is 13.1. The molecule has 1 aromatic carbocycles. The van der Waals surface area contributed by atoms with Gasteiger partial charge in [0.05, 0.1) is 7.11 Å². The molecule has 0 radical (unpaired) electrons. The standard InChI is InChI=1S/C16H20FNO2/c1-10-12-7-8-18(10)15(16(19)20-2)14(9-12)11-3-5-13(17)6-4-11/h3-6,10,12,14-15H,7-9H2,1-2H3/t10?,12?,14-,15+/m0/s1. The summed E-state index contributed by atoms with van der Waals surface area (Å²) in [5.74, 6) is 0.306. The van der Waals surface area contributed by atoms with Gasteiger partial charge >= 0.3 is 5.97 Å². The average Bonchev–Trinajstić information content (AvgIpc) is 2.70. The highest BCUT2D eigenvalue weighted by molar-refractivity contribution is 5.77. The van der Waals surface area contributed by atoms with E-state index in [9.17, 15) is 9.18 Å². The molecule has 0 amide bonds. The van der Waals surface area contributed by atoms with Crippen molar-refractivity contribution in [1.82, 2.24) is 4.90 Å². The van der Waals surface area contributed by atoms with Gasteiger partial charge in [-0.05, 0) is 49.9 Å². The van der Waals surface area contributed by atoms with Crippen LogP contribution in [0.25, 0.3) is 0 Å². The molecule has 2 aliphatic heterocycles. The van der Waals surface area contributed by atoms with E-state index in [-0.39, 0.29) is 23.7 Å². The molecule has 2 heterocycles. The smallest absolute Gasteiger partial charge is 0.323 e. The topological polar surface area (TPSA) is 29.5 Å². The second kappa shape index (κ2) is 5.17. The zero-order valence-corrected chi connectivity index (χ0v) is 11.9. The first-order chi connectivity index (χ1) is 9.61. The lowest BCUT2D eigenvalue weighted by molar-refractivity contribution is -0.149. The Bertz CT molecular complexity index is 502. The largest absolute Gasteiger partial charge is 0.468 e. The van der Waals surface area contributed by atoms with Crippen LogP contribution in [0.1, 0.15) is 31.2 Å². The molecule has 3 rings (SSSR count). The molecule has 2 bridgehead atoms. The molecule has 0 saturated carbocycles. The van der Waals surface area contributed by atoms with Gasteiger partial charge in [0, 0.05) is 12.0 Å². The molecular formula is C16H20FNO2. The van der Waals surface area contributed by atoms with Gasteiger partial charge in [0.25, 0.3) is 0 Å². The Labute approximate surface area is 118 Å². The SMILES string of the molecule is COC(=O)[C@H]1[C@H](c2ccc(F)cc2)CC2CCN1C2C. The molecule has 0 N–H and O–H groups in total. The summed E-state index contributed by atoms with van der Waals surface area (Å²) in [6, 6.07) is 6.73. The molecule has 108 valence electrons. The zero-order chi connectivity index (χ0) is 14.3. The summed E-state index contributed by atoms with van der Waals surface area (Å²) >= 11 is 0. The second-order valence-corrected chi connectivity index (χ2v) is 5.89. The van der Waals surface area contributed by atoms with E-state index in [2.05, 4.69) is 11.8 Å². The van der Waals surface area contributed by atoms with Crippen molar-refractivity contribution in [3.8, 4) is 0 Å². The third kappa shape index (κ3) is 2.12. The van der Waals surface area contributed by atoms with Crippen molar-refractivity contribution in [1.29, 1.82) is 0 Å². The van der Waals surface area contributed by atoms with Gasteiger partial charge < -0.3 is 4.74 Å². The van der Waals surface area contributed by atoms with Crippen molar-refractivity contribution in [2.24, 2.45) is 5.92 Å². The van der Waals surface area contributed by atoms with E-state index in [4.69, 9.17) is 4.74 Å². The van der Waals surface area contributed by atoms with E-state index in [1.807, 2.05) is 0 Å². The summed E-state index contributed by atoms with van der Waals surface area (Å²) in [7, 11) is 1.44. The average molecular weight is 277 g/mol. The summed E-state index contributed by atoms with van der Waals surface area (Å²) in [6.07, 6.45) is 2.11. The van der Waals surface area contributed by atoms with Gasteiger partial charge in [0.2, 0.25) is 0 Å². The lowest BCUT2D eigenvalue weighted by Crippen LogP contribution is -2.51. The second-order valence-electron chi connectivity index (χ2n) is 5.89. The van der Waals surface area contributed by atoms with Crippen molar-refractivity contribution in [2.45, 2.75) is 37.8 Å². The number of fused-ring (bicyclic) bond motifs is 2.